The molecule has 0 atom stereocenters. The summed E-state index contributed by atoms with van der Waals surface area (Å²) >= 11 is 0. The number of likely N-dealkylation sites (tertiary alicyclic amines) is 1. The molecule has 2 heterocycles. The minimum atomic E-state index is 0.109. The highest BCUT2D eigenvalue weighted by Crippen LogP contribution is 2.43. The molecule has 1 aromatic heterocycles. The first kappa shape index (κ1) is 11.4. The van der Waals surface area contributed by atoms with Crippen LogP contribution in [0.5, 0.6) is 0 Å². The van der Waals surface area contributed by atoms with E-state index in [1.54, 1.807) is 0 Å². The fourth-order valence-corrected chi connectivity index (χ4v) is 3.35. The maximum atomic E-state index is 6.41. The zero-order valence-corrected chi connectivity index (χ0v) is 11.0. The number of pyridine rings is 1. The van der Waals surface area contributed by atoms with Gasteiger partial charge in [-0.2, -0.15) is 0 Å². The van der Waals surface area contributed by atoms with Crippen LogP contribution in [0.4, 0.5) is 0 Å². The zero-order valence-electron chi connectivity index (χ0n) is 11.0. The van der Waals surface area contributed by atoms with E-state index in [0.29, 0.717) is 0 Å². The highest BCUT2D eigenvalue weighted by Gasteiger charge is 2.49. The van der Waals surface area contributed by atoms with Crippen LogP contribution in [0.25, 0.3) is 10.9 Å². The molecule has 0 radical (unpaired) electrons. The molecule has 98 valence electrons. The van der Waals surface area contributed by atoms with Gasteiger partial charge in [-0.05, 0) is 30.4 Å². The molecule has 3 nitrogen and oxygen atoms in total. The first-order valence-electron chi connectivity index (χ1n) is 7.08. The van der Waals surface area contributed by atoms with E-state index in [4.69, 9.17) is 5.73 Å². The number of hydrogen-bond acceptors (Lipinski definition) is 3. The van der Waals surface area contributed by atoms with Crippen LogP contribution < -0.4 is 5.73 Å². The number of aromatic nitrogens is 1. The Balaban J connectivity index is 1.53. The number of benzene rings is 1. The van der Waals surface area contributed by atoms with Gasteiger partial charge in [0.05, 0.1) is 5.52 Å². The first-order valence-corrected chi connectivity index (χ1v) is 7.08. The Hall–Kier alpha value is -1.45. The lowest BCUT2D eigenvalue weighted by atomic mass is 9.85. The summed E-state index contributed by atoms with van der Waals surface area (Å²) in [6, 6.07) is 10.5. The number of para-hydroxylation sites is 1. The van der Waals surface area contributed by atoms with Crippen molar-refractivity contribution in [2.75, 3.05) is 13.1 Å². The van der Waals surface area contributed by atoms with Crippen molar-refractivity contribution in [3.05, 3.63) is 42.1 Å². The van der Waals surface area contributed by atoms with Crippen LogP contribution in [0.2, 0.25) is 0 Å². The fraction of sp³-hybridized carbons (Fsp3) is 0.438. The van der Waals surface area contributed by atoms with E-state index in [-0.39, 0.29) is 5.54 Å². The Labute approximate surface area is 113 Å². The molecule has 1 saturated carbocycles. The summed E-state index contributed by atoms with van der Waals surface area (Å²) in [6.45, 7) is 3.06. The quantitative estimate of drug-likeness (QED) is 0.911. The van der Waals surface area contributed by atoms with Crippen molar-refractivity contribution >= 4 is 10.9 Å². The predicted octanol–water partition coefficient (Wildman–Crippen LogP) is 2.16. The first-order chi connectivity index (χ1) is 9.24. The van der Waals surface area contributed by atoms with Crippen LogP contribution in [0.15, 0.2) is 36.5 Å². The van der Waals surface area contributed by atoms with E-state index in [1.807, 2.05) is 12.3 Å². The van der Waals surface area contributed by atoms with Crippen molar-refractivity contribution < 1.29 is 0 Å². The van der Waals surface area contributed by atoms with Gasteiger partial charge >= 0.3 is 0 Å². The van der Waals surface area contributed by atoms with Crippen LogP contribution >= 0.6 is 0 Å². The molecule has 1 aliphatic carbocycles. The van der Waals surface area contributed by atoms with Crippen molar-refractivity contribution in [3.63, 3.8) is 0 Å². The number of nitrogens with two attached hydrogens (primary N) is 1. The number of nitrogens with zero attached hydrogens (tertiary/aromatic N) is 2. The smallest absolute Gasteiger partial charge is 0.0746 e. The molecule has 4 rings (SSSR count). The highest BCUT2D eigenvalue weighted by atomic mass is 15.3. The maximum Gasteiger partial charge on any atom is 0.0746 e. The summed E-state index contributed by atoms with van der Waals surface area (Å²) in [7, 11) is 0. The SMILES string of the molecule is NC1(C2CC2)CN(Cc2cccc3cccnc23)C1. The van der Waals surface area contributed by atoms with Crippen molar-refractivity contribution in [3.8, 4) is 0 Å². The lowest BCUT2D eigenvalue weighted by Crippen LogP contribution is -2.68. The third-order valence-corrected chi connectivity index (χ3v) is 4.54. The van der Waals surface area contributed by atoms with Crippen molar-refractivity contribution in [2.45, 2.75) is 24.9 Å². The van der Waals surface area contributed by atoms with Crippen LogP contribution in [0.1, 0.15) is 18.4 Å². The standard InChI is InChI=1S/C16H19N3/c17-16(14-6-7-14)10-19(11-16)9-13-4-1-3-12-5-2-8-18-15(12)13/h1-5,8,14H,6-7,9-11,17H2. The van der Waals surface area contributed by atoms with E-state index in [0.717, 1.165) is 31.1 Å². The van der Waals surface area contributed by atoms with Crippen LogP contribution in [0, 0.1) is 5.92 Å². The lowest BCUT2D eigenvalue weighted by molar-refractivity contribution is 0.0481. The van der Waals surface area contributed by atoms with Gasteiger partial charge in [-0.3, -0.25) is 9.88 Å². The van der Waals surface area contributed by atoms with Crippen molar-refractivity contribution in [2.24, 2.45) is 11.7 Å². The molecule has 3 heteroatoms. The molecule has 19 heavy (non-hydrogen) atoms. The largest absolute Gasteiger partial charge is 0.323 e. The van der Waals surface area contributed by atoms with Crippen LogP contribution in [-0.2, 0) is 6.54 Å². The third-order valence-electron chi connectivity index (χ3n) is 4.54. The molecule has 2 aliphatic rings. The molecule has 0 unspecified atom stereocenters. The molecule has 0 amide bonds. The van der Waals surface area contributed by atoms with Crippen LogP contribution in [-0.4, -0.2) is 28.5 Å². The van der Waals surface area contributed by atoms with Crippen molar-refractivity contribution in [1.82, 2.24) is 9.88 Å². The van der Waals surface area contributed by atoms with E-state index in [1.165, 1.54) is 23.8 Å². The van der Waals surface area contributed by atoms with E-state index in [2.05, 4.69) is 34.1 Å². The monoisotopic (exact) mass is 253 g/mol. The molecular formula is C16H19N3. The van der Waals surface area contributed by atoms with Gasteiger partial charge in [0.15, 0.2) is 0 Å². The van der Waals surface area contributed by atoms with Gasteiger partial charge in [-0.15, -0.1) is 0 Å². The summed E-state index contributed by atoms with van der Waals surface area (Å²) in [5.74, 6) is 0.786. The summed E-state index contributed by atoms with van der Waals surface area (Å²) < 4.78 is 0. The average molecular weight is 253 g/mol. The minimum Gasteiger partial charge on any atom is -0.323 e. The summed E-state index contributed by atoms with van der Waals surface area (Å²) in [5, 5.41) is 1.22. The molecule has 1 saturated heterocycles. The van der Waals surface area contributed by atoms with Gasteiger partial charge in [0.1, 0.15) is 0 Å². The predicted molar refractivity (Wildman–Crippen MR) is 76.7 cm³/mol. The van der Waals surface area contributed by atoms with E-state index >= 15 is 0 Å². The van der Waals surface area contributed by atoms with E-state index < -0.39 is 0 Å². The molecule has 1 aliphatic heterocycles. The molecule has 1 aromatic carbocycles. The second-order valence-electron chi connectivity index (χ2n) is 6.14. The Morgan fingerprint density at radius 1 is 1.21 bits per heavy atom. The topological polar surface area (TPSA) is 42.1 Å². The molecule has 0 spiro atoms. The van der Waals surface area contributed by atoms with Crippen molar-refractivity contribution in [1.29, 1.82) is 0 Å². The number of hydrogen-bond donors (Lipinski definition) is 1. The highest BCUT2D eigenvalue weighted by molar-refractivity contribution is 5.81. The second-order valence-corrected chi connectivity index (χ2v) is 6.14. The Morgan fingerprint density at radius 2 is 2.00 bits per heavy atom. The third kappa shape index (κ3) is 1.94. The Bertz CT molecular complexity index is 607. The van der Waals surface area contributed by atoms with Crippen LogP contribution in [0.3, 0.4) is 0 Å². The summed E-state index contributed by atoms with van der Waals surface area (Å²) in [4.78, 5) is 6.96. The second kappa shape index (κ2) is 4.02. The fourth-order valence-electron chi connectivity index (χ4n) is 3.35. The number of fused-ring (bicyclic) bond motifs is 1. The van der Waals surface area contributed by atoms with Gasteiger partial charge in [0, 0.05) is 36.8 Å². The normalized spacial score (nSPS) is 22.4. The molecule has 2 fully saturated rings. The Kier molecular flexibility index (Phi) is 2.41. The average Bonchev–Trinajstić information content (AvgIpc) is 3.22. The van der Waals surface area contributed by atoms with Gasteiger partial charge in [-0.25, -0.2) is 0 Å². The van der Waals surface area contributed by atoms with Gasteiger partial charge in [0.25, 0.3) is 0 Å². The molecular weight excluding hydrogens is 234 g/mol. The van der Waals surface area contributed by atoms with Gasteiger partial charge < -0.3 is 5.73 Å². The minimum absolute atomic E-state index is 0.109. The van der Waals surface area contributed by atoms with E-state index in [9.17, 15) is 0 Å². The zero-order chi connectivity index (χ0) is 12.9. The van der Waals surface area contributed by atoms with Gasteiger partial charge in [-0.1, -0.05) is 24.3 Å². The summed E-state index contributed by atoms with van der Waals surface area (Å²) in [5.41, 5.74) is 8.96. The molecule has 2 aromatic rings. The summed E-state index contributed by atoms with van der Waals surface area (Å²) in [6.07, 6.45) is 4.54. The number of rotatable bonds is 3. The molecule has 0 bridgehead atoms. The molecule has 2 N–H and O–H groups in total. The van der Waals surface area contributed by atoms with Gasteiger partial charge in [0.2, 0.25) is 0 Å². The Morgan fingerprint density at radius 3 is 2.79 bits per heavy atom. The lowest BCUT2D eigenvalue weighted by Gasteiger charge is -2.48. The maximum absolute atomic E-state index is 6.41.